The number of pyridine rings is 1. The number of aromatic amines is 1. The van der Waals surface area contributed by atoms with Gasteiger partial charge in [-0.25, -0.2) is 4.39 Å². The predicted octanol–water partition coefficient (Wildman–Crippen LogP) is 3.08. The zero-order valence-corrected chi connectivity index (χ0v) is 19.9. The Morgan fingerprint density at radius 3 is 2.84 bits per heavy atom. The van der Waals surface area contributed by atoms with Gasteiger partial charge in [0.15, 0.2) is 11.2 Å². The molecule has 0 radical (unpaired) electrons. The van der Waals surface area contributed by atoms with Crippen molar-refractivity contribution in [1.82, 2.24) is 30.1 Å². The molecule has 10 nitrogen and oxygen atoms in total. The minimum absolute atomic E-state index is 0.0829. The Bertz CT molecular complexity index is 1650. The van der Waals surface area contributed by atoms with Gasteiger partial charge in [0.25, 0.3) is 0 Å². The summed E-state index contributed by atoms with van der Waals surface area (Å²) < 4.78 is 16.5. The number of carbonyl (C=O) groups is 2. The largest absolute Gasteiger partial charge is 0.361 e. The first-order valence-electron chi connectivity index (χ1n) is 11.6. The van der Waals surface area contributed by atoms with Crippen LogP contribution in [-0.4, -0.2) is 54.0 Å². The molecule has 2 atom stereocenters. The molecule has 4 aromatic rings. The Hall–Kier alpha value is -4.38. The molecular weight excluding hydrogens is 501 g/mol. The number of aromatic nitrogens is 5. The Balaban J connectivity index is 1.28. The van der Waals surface area contributed by atoms with Crippen LogP contribution in [0.4, 0.5) is 10.1 Å². The number of hydrogen-bond donors (Lipinski definition) is 2. The second kappa shape index (κ2) is 8.93. The molecule has 4 heterocycles. The second-order valence-corrected chi connectivity index (χ2v) is 9.37. The monoisotopic (exact) mass is 519 g/mol. The van der Waals surface area contributed by atoms with Crippen LogP contribution in [0.2, 0.25) is 5.02 Å². The number of tetrazole rings is 1. The molecule has 186 valence electrons. The van der Waals surface area contributed by atoms with Gasteiger partial charge in [-0.1, -0.05) is 11.6 Å². The van der Waals surface area contributed by atoms with Crippen molar-refractivity contribution in [3.05, 3.63) is 81.6 Å². The zero-order valence-electron chi connectivity index (χ0n) is 19.2. The summed E-state index contributed by atoms with van der Waals surface area (Å²) >= 11 is 6.07. The van der Waals surface area contributed by atoms with Gasteiger partial charge < -0.3 is 15.2 Å². The van der Waals surface area contributed by atoms with Gasteiger partial charge in [0.2, 0.25) is 11.8 Å². The van der Waals surface area contributed by atoms with Crippen LogP contribution in [0.1, 0.15) is 24.8 Å². The number of H-pyrrole nitrogens is 1. The topological polar surface area (TPSA) is 126 Å². The summed E-state index contributed by atoms with van der Waals surface area (Å²) in [6.45, 7) is 0. The van der Waals surface area contributed by atoms with Crippen molar-refractivity contribution >= 4 is 45.6 Å². The van der Waals surface area contributed by atoms with E-state index in [1.165, 1.54) is 29.2 Å². The summed E-state index contributed by atoms with van der Waals surface area (Å²) in [6.07, 6.45) is 5.61. The maximum Gasteiger partial charge on any atom is 0.247 e. The van der Waals surface area contributed by atoms with Crippen LogP contribution in [0.5, 0.6) is 0 Å². The van der Waals surface area contributed by atoms with Gasteiger partial charge in [-0.05, 0) is 65.6 Å². The summed E-state index contributed by atoms with van der Waals surface area (Å²) in [5, 5.41) is 14.3. The Morgan fingerprint density at radius 2 is 2.03 bits per heavy atom. The van der Waals surface area contributed by atoms with Gasteiger partial charge in [0.05, 0.1) is 10.7 Å². The minimum Gasteiger partial charge on any atom is -0.361 e. The SMILES string of the molecule is O=C(Nc1ccc2[nH]ccc(=O)c2c1)[C@@H]1CC[C@@H]2CC(c3c(-n4cnnn4)ccc(Cl)c3F)=CC(=O)N21. The summed E-state index contributed by atoms with van der Waals surface area (Å²) in [4.78, 5) is 43.1. The van der Waals surface area contributed by atoms with Crippen LogP contribution in [0.15, 0.2) is 59.8 Å². The fourth-order valence-electron chi connectivity index (χ4n) is 5.17. The number of carbonyl (C=O) groups excluding carboxylic acids is 2. The van der Waals surface area contributed by atoms with Gasteiger partial charge in [-0.3, -0.25) is 14.4 Å². The Labute approximate surface area is 213 Å². The van der Waals surface area contributed by atoms with E-state index in [1.54, 1.807) is 35.4 Å². The lowest BCUT2D eigenvalue weighted by Gasteiger charge is -2.33. The molecule has 2 aliphatic heterocycles. The average molecular weight is 520 g/mol. The molecule has 37 heavy (non-hydrogen) atoms. The fraction of sp³-hybridized carbons (Fsp3) is 0.200. The van der Waals surface area contributed by atoms with E-state index in [2.05, 4.69) is 25.8 Å². The number of amides is 2. The third kappa shape index (κ3) is 3.97. The van der Waals surface area contributed by atoms with Crippen molar-refractivity contribution < 1.29 is 14.0 Å². The molecule has 2 aromatic carbocycles. The van der Waals surface area contributed by atoms with Crippen LogP contribution < -0.4 is 10.7 Å². The molecule has 2 amide bonds. The molecule has 0 unspecified atom stereocenters. The number of benzene rings is 2. The fourth-order valence-corrected chi connectivity index (χ4v) is 5.33. The molecule has 2 aliphatic rings. The van der Waals surface area contributed by atoms with E-state index in [0.717, 1.165) is 0 Å². The van der Waals surface area contributed by atoms with E-state index < -0.39 is 11.9 Å². The summed E-state index contributed by atoms with van der Waals surface area (Å²) in [6, 6.07) is 8.45. The van der Waals surface area contributed by atoms with Crippen molar-refractivity contribution in [3.8, 4) is 5.69 Å². The molecule has 2 N–H and O–H groups in total. The van der Waals surface area contributed by atoms with E-state index in [0.29, 0.717) is 47.1 Å². The molecule has 12 heteroatoms. The quantitative estimate of drug-likeness (QED) is 0.427. The number of fused-ring (bicyclic) bond motifs is 2. The first-order valence-corrected chi connectivity index (χ1v) is 12.0. The van der Waals surface area contributed by atoms with Crippen LogP contribution in [0.3, 0.4) is 0 Å². The van der Waals surface area contributed by atoms with Crippen molar-refractivity contribution in [2.45, 2.75) is 31.3 Å². The van der Waals surface area contributed by atoms with Gasteiger partial charge in [0, 0.05) is 46.5 Å². The van der Waals surface area contributed by atoms with Crippen LogP contribution in [0.25, 0.3) is 22.2 Å². The van der Waals surface area contributed by atoms with Crippen LogP contribution >= 0.6 is 11.6 Å². The van der Waals surface area contributed by atoms with Crippen molar-refractivity contribution in [2.24, 2.45) is 0 Å². The highest BCUT2D eigenvalue weighted by Gasteiger charge is 2.43. The number of anilines is 1. The normalized spacial score (nSPS) is 19.1. The maximum atomic E-state index is 15.2. The van der Waals surface area contributed by atoms with E-state index in [9.17, 15) is 14.4 Å². The lowest BCUT2D eigenvalue weighted by atomic mass is 9.92. The van der Waals surface area contributed by atoms with Crippen LogP contribution in [-0.2, 0) is 9.59 Å². The van der Waals surface area contributed by atoms with Gasteiger partial charge in [-0.15, -0.1) is 5.10 Å². The maximum absolute atomic E-state index is 15.2. The Kier molecular flexibility index (Phi) is 5.56. The van der Waals surface area contributed by atoms with Crippen molar-refractivity contribution in [1.29, 1.82) is 0 Å². The van der Waals surface area contributed by atoms with Crippen molar-refractivity contribution in [2.75, 3.05) is 5.32 Å². The first kappa shape index (κ1) is 23.0. The third-order valence-electron chi connectivity index (χ3n) is 6.83. The van der Waals surface area contributed by atoms with Gasteiger partial charge >= 0.3 is 0 Å². The smallest absolute Gasteiger partial charge is 0.247 e. The molecule has 6 rings (SSSR count). The van der Waals surface area contributed by atoms with Gasteiger partial charge in [-0.2, -0.15) is 4.68 Å². The van der Waals surface area contributed by atoms with E-state index in [1.807, 2.05) is 0 Å². The molecule has 0 aliphatic carbocycles. The molecule has 1 saturated heterocycles. The molecule has 0 saturated carbocycles. The number of rotatable bonds is 4. The first-order chi connectivity index (χ1) is 17.9. The third-order valence-corrected chi connectivity index (χ3v) is 7.12. The van der Waals surface area contributed by atoms with Crippen LogP contribution in [0, 0.1) is 5.82 Å². The van der Waals surface area contributed by atoms with E-state index >= 15 is 4.39 Å². The zero-order chi connectivity index (χ0) is 25.7. The number of halogens is 2. The number of hydrogen-bond acceptors (Lipinski definition) is 6. The predicted molar refractivity (Wildman–Crippen MR) is 134 cm³/mol. The molecule has 2 aromatic heterocycles. The lowest BCUT2D eigenvalue weighted by Crippen LogP contribution is -2.48. The highest BCUT2D eigenvalue weighted by molar-refractivity contribution is 6.31. The van der Waals surface area contributed by atoms with E-state index in [-0.39, 0.29) is 33.9 Å². The summed E-state index contributed by atoms with van der Waals surface area (Å²) in [7, 11) is 0. The molecule has 1 fully saturated rings. The second-order valence-electron chi connectivity index (χ2n) is 8.97. The van der Waals surface area contributed by atoms with Crippen molar-refractivity contribution in [3.63, 3.8) is 0 Å². The highest BCUT2D eigenvalue weighted by atomic mass is 35.5. The van der Waals surface area contributed by atoms with E-state index in [4.69, 9.17) is 11.6 Å². The minimum atomic E-state index is -0.691. The standard InChI is InChI=1S/C25H19ClFN7O3/c26-17-3-6-19(33-12-29-31-32-33)23(24(17)27)13-9-15-2-5-20(34(15)22(36)10-13)25(37)30-14-1-4-18-16(11-14)21(35)7-8-28-18/h1,3-4,6-8,10-12,15,20H,2,5,9H2,(H,28,35)(H,30,37)/t15-,20+/m1/s1. The summed E-state index contributed by atoms with van der Waals surface area (Å²) in [5.74, 6) is -1.40. The molecular formula is C25H19ClFN7O3. The highest BCUT2D eigenvalue weighted by Crippen LogP contribution is 2.40. The van der Waals surface area contributed by atoms with Gasteiger partial charge in [0.1, 0.15) is 12.4 Å². The average Bonchev–Trinajstić information content (AvgIpc) is 3.57. The lowest BCUT2D eigenvalue weighted by molar-refractivity contribution is -0.135. The Morgan fingerprint density at radius 1 is 1.16 bits per heavy atom. The number of nitrogens with zero attached hydrogens (tertiary/aromatic N) is 5. The molecule has 0 spiro atoms. The number of nitrogens with one attached hydrogen (secondary N) is 2. The summed E-state index contributed by atoms with van der Waals surface area (Å²) in [5.41, 5.74) is 1.94. The molecule has 0 bridgehead atoms.